The molecule has 2 rings (SSSR count). The highest BCUT2D eigenvalue weighted by atomic mass is 16.6. The van der Waals surface area contributed by atoms with Gasteiger partial charge in [-0.25, -0.2) is 9.78 Å². The van der Waals surface area contributed by atoms with Crippen LogP contribution in [0.3, 0.4) is 0 Å². The minimum Gasteiger partial charge on any atom is -0.477 e. The summed E-state index contributed by atoms with van der Waals surface area (Å²) in [6, 6.07) is 7.89. The lowest BCUT2D eigenvalue weighted by molar-refractivity contribution is -0.385. The summed E-state index contributed by atoms with van der Waals surface area (Å²) in [5.74, 6) is -1.09. The van der Waals surface area contributed by atoms with Gasteiger partial charge >= 0.3 is 5.97 Å². The predicted octanol–water partition coefficient (Wildman–Crippen LogP) is 2.61. The molecule has 1 aromatic heterocycles. The molecule has 0 saturated heterocycles. The number of aromatic nitrogens is 1. The van der Waals surface area contributed by atoms with E-state index in [1.165, 1.54) is 18.3 Å². The molecule has 0 saturated carbocycles. The second-order valence-corrected chi connectivity index (χ2v) is 4.41. The number of carbonyl (C=O) groups is 1. The summed E-state index contributed by atoms with van der Waals surface area (Å²) in [7, 11) is 0. The van der Waals surface area contributed by atoms with E-state index in [0.717, 1.165) is 5.56 Å². The Bertz CT molecular complexity index is 683. The molecule has 0 unspecified atom stereocenters. The van der Waals surface area contributed by atoms with Crippen molar-refractivity contribution in [3.63, 3.8) is 0 Å². The van der Waals surface area contributed by atoms with Crippen molar-refractivity contribution in [2.75, 3.05) is 5.32 Å². The first-order valence-electron chi connectivity index (χ1n) is 6.15. The minimum absolute atomic E-state index is 0.0351. The zero-order valence-corrected chi connectivity index (χ0v) is 11.2. The second-order valence-electron chi connectivity index (χ2n) is 4.41. The van der Waals surface area contributed by atoms with Crippen LogP contribution in [0.25, 0.3) is 0 Å². The Hall–Kier alpha value is -2.96. The van der Waals surface area contributed by atoms with E-state index in [4.69, 9.17) is 5.11 Å². The number of pyridine rings is 1. The first-order valence-corrected chi connectivity index (χ1v) is 6.15. The summed E-state index contributed by atoms with van der Waals surface area (Å²) >= 11 is 0. The number of benzene rings is 1. The van der Waals surface area contributed by atoms with Gasteiger partial charge in [0.05, 0.1) is 16.8 Å². The van der Waals surface area contributed by atoms with Crippen LogP contribution >= 0.6 is 0 Å². The molecule has 1 heterocycles. The van der Waals surface area contributed by atoms with E-state index in [2.05, 4.69) is 10.3 Å². The first kappa shape index (κ1) is 14.4. The number of nitro groups is 1. The van der Waals surface area contributed by atoms with Crippen LogP contribution in [0, 0.1) is 17.0 Å². The van der Waals surface area contributed by atoms with Gasteiger partial charge in [-0.15, -0.1) is 0 Å². The van der Waals surface area contributed by atoms with Crippen LogP contribution in [0.4, 0.5) is 11.4 Å². The van der Waals surface area contributed by atoms with Gasteiger partial charge in [0, 0.05) is 18.2 Å². The van der Waals surface area contributed by atoms with E-state index in [0.29, 0.717) is 17.8 Å². The van der Waals surface area contributed by atoms with Gasteiger partial charge in [-0.2, -0.15) is 0 Å². The van der Waals surface area contributed by atoms with Crippen molar-refractivity contribution in [2.24, 2.45) is 0 Å². The van der Waals surface area contributed by atoms with Crippen molar-refractivity contribution in [3.05, 3.63) is 63.5 Å². The van der Waals surface area contributed by atoms with Gasteiger partial charge in [0.15, 0.2) is 0 Å². The summed E-state index contributed by atoms with van der Waals surface area (Å²) in [5, 5.41) is 22.7. The monoisotopic (exact) mass is 287 g/mol. The van der Waals surface area contributed by atoms with E-state index in [1.54, 1.807) is 25.1 Å². The molecule has 7 heteroatoms. The fraction of sp³-hybridized carbons (Fsp3) is 0.143. The number of hydrogen-bond acceptors (Lipinski definition) is 5. The van der Waals surface area contributed by atoms with Crippen LogP contribution < -0.4 is 5.32 Å². The quantitative estimate of drug-likeness (QED) is 0.646. The minimum atomic E-state index is -1.09. The number of nitrogens with one attached hydrogen (secondary N) is 1. The van der Waals surface area contributed by atoms with Gasteiger partial charge in [-0.1, -0.05) is 12.1 Å². The van der Waals surface area contributed by atoms with E-state index in [1.807, 2.05) is 0 Å². The average molecular weight is 287 g/mol. The van der Waals surface area contributed by atoms with Crippen molar-refractivity contribution < 1.29 is 14.8 Å². The van der Waals surface area contributed by atoms with Gasteiger partial charge in [-0.05, 0) is 24.6 Å². The third-order valence-electron chi connectivity index (χ3n) is 3.08. The maximum absolute atomic E-state index is 10.9. The topological polar surface area (TPSA) is 105 Å². The fourth-order valence-corrected chi connectivity index (χ4v) is 1.88. The molecule has 0 atom stereocenters. The Morgan fingerprint density at radius 1 is 1.38 bits per heavy atom. The second kappa shape index (κ2) is 6.00. The number of nitrogens with zero attached hydrogens (tertiary/aromatic N) is 2. The summed E-state index contributed by atoms with van der Waals surface area (Å²) in [6.45, 7) is 2.09. The molecule has 0 bridgehead atoms. The van der Waals surface area contributed by atoms with Crippen LogP contribution in [0.2, 0.25) is 0 Å². The van der Waals surface area contributed by atoms with Gasteiger partial charge < -0.3 is 10.4 Å². The Kier molecular flexibility index (Phi) is 4.13. The predicted molar refractivity (Wildman–Crippen MR) is 76.4 cm³/mol. The highest BCUT2D eigenvalue weighted by Crippen LogP contribution is 2.21. The number of carboxylic acids is 1. The van der Waals surface area contributed by atoms with E-state index < -0.39 is 10.9 Å². The average Bonchev–Trinajstić information content (AvgIpc) is 2.46. The van der Waals surface area contributed by atoms with Crippen molar-refractivity contribution in [2.45, 2.75) is 13.5 Å². The zero-order chi connectivity index (χ0) is 15.4. The van der Waals surface area contributed by atoms with E-state index in [-0.39, 0.29) is 11.4 Å². The molecule has 0 aliphatic carbocycles. The molecule has 0 aliphatic heterocycles. The van der Waals surface area contributed by atoms with Crippen LogP contribution in [0.5, 0.6) is 0 Å². The molecule has 0 amide bonds. The summed E-state index contributed by atoms with van der Waals surface area (Å²) in [6.07, 6.45) is 1.41. The smallest absolute Gasteiger partial charge is 0.354 e. The number of aromatic carboxylic acids is 1. The molecular formula is C14H13N3O4. The van der Waals surface area contributed by atoms with Gasteiger partial charge in [0.25, 0.3) is 5.69 Å². The molecule has 0 spiro atoms. The van der Waals surface area contributed by atoms with Crippen LogP contribution in [-0.4, -0.2) is 21.0 Å². The number of anilines is 1. The zero-order valence-electron chi connectivity index (χ0n) is 11.2. The molecule has 7 nitrogen and oxygen atoms in total. The molecule has 0 fully saturated rings. The van der Waals surface area contributed by atoms with Gasteiger partial charge in [-0.3, -0.25) is 10.1 Å². The van der Waals surface area contributed by atoms with Crippen molar-refractivity contribution >= 4 is 17.3 Å². The number of nitro benzene ring substituents is 1. The maximum Gasteiger partial charge on any atom is 0.354 e. The van der Waals surface area contributed by atoms with Crippen molar-refractivity contribution in [3.8, 4) is 0 Å². The largest absolute Gasteiger partial charge is 0.477 e. The van der Waals surface area contributed by atoms with Crippen molar-refractivity contribution in [1.82, 2.24) is 4.98 Å². The lowest BCUT2D eigenvalue weighted by Crippen LogP contribution is -2.05. The number of rotatable bonds is 5. The highest BCUT2D eigenvalue weighted by molar-refractivity contribution is 5.85. The van der Waals surface area contributed by atoms with E-state index in [9.17, 15) is 14.9 Å². The molecular weight excluding hydrogens is 274 g/mol. The number of hydrogen-bond donors (Lipinski definition) is 2. The Balaban J connectivity index is 2.11. The fourth-order valence-electron chi connectivity index (χ4n) is 1.88. The highest BCUT2D eigenvalue weighted by Gasteiger charge is 2.12. The van der Waals surface area contributed by atoms with Crippen LogP contribution in [0.15, 0.2) is 36.5 Å². The molecule has 2 N–H and O–H groups in total. The van der Waals surface area contributed by atoms with Gasteiger partial charge in [0.1, 0.15) is 5.69 Å². The Labute approximate surface area is 120 Å². The van der Waals surface area contributed by atoms with E-state index >= 15 is 0 Å². The summed E-state index contributed by atoms with van der Waals surface area (Å²) in [5.41, 5.74) is 2.09. The van der Waals surface area contributed by atoms with Gasteiger partial charge in [0.2, 0.25) is 0 Å². The van der Waals surface area contributed by atoms with Crippen molar-refractivity contribution in [1.29, 1.82) is 0 Å². The standard InChI is InChI=1S/C14H13N3O4/c1-9-10(3-2-4-13(9)17(20)21)7-15-11-5-6-12(14(18)19)16-8-11/h2-6,8,15H,7H2,1H3,(H,18,19). The molecule has 108 valence electrons. The third-order valence-corrected chi connectivity index (χ3v) is 3.08. The molecule has 1 aromatic carbocycles. The number of carboxylic acid groups (broad SMARTS) is 1. The Morgan fingerprint density at radius 2 is 2.14 bits per heavy atom. The van der Waals surface area contributed by atoms with Crippen LogP contribution in [0.1, 0.15) is 21.6 Å². The normalized spacial score (nSPS) is 10.1. The lowest BCUT2D eigenvalue weighted by Gasteiger charge is -2.09. The summed E-state index contributed by atoms with van der Waals surface area (Å²) in [4.78, 5) is 24.9. The first-order chi connectivity index (χ1) is 9.99. The SMILES string of the molecule is Cc1c(CNc2ccc(C(=O)O)nc2)cccc1[N+](=O)[O-]. The Morgan fingerprint density at radius 3 is 2.71 bits per heavy atom. The molecule has 21 heavy (non-hydrogen) atoms. The molecule has 0 radical (unpaired) electrons. The van der Waals surface area contributed by atoms with Crippen LogP contribution in [-0.2, 0) is 6.54 Å². The molecule has 0 aliphatic rings. The molecule has 2 aromatic rings. The summed E-state index contributed by atoms with van der Waals surface area (Å²) < 4.78 is 0. The maximum atomic E-state index is 10.9. The third kappa shape index (κ3) is 3.33. The lowest BCUT2D eigenvalue weighted by atomic mass is 10.1.